The number of nitrogens with zero attached hydrogens (tertiary/aromatic N) is 1. The number of hydrogen-bond donors (Lipinski definition) is 1. The van der Waals surface area contributed by atoms with Crippen LogP contribution in [-0.2, 0) is 9.59 Å². The maximum Gasteiger partial charge on any atom is 0.229 e. The van der Waals surface area contributed by atoms with Gasteiger partial charge in [-0.3, -0.25) is 9.59 Å². The molecule has 0 aromatic carbocycles. The van der Waals surface area contributed by atoms with Crippen molar-refractivity contribution in [1.29, 1.82) is 0 Å². The second-order valence-electron chi connectivity index (χ2n) is 3.51. The Morgan fingerprint density at radius 1 is 1.42 bits per heavy atom. The zero-order chi connectivity index (χ0) is 9.35. The minimum absolute atomic E-state index is 0.0139. The lowest BCUT2D eigenvalue weighted by molar-refractivity contribution is -0.150. The monoisotopic (exact) mass is 170 g/mol. The number of carbonyl (C=O) groups excluding carboxylic acids is 2. The molecule has 0 aliphatic carbocycles. The van der Waals surface area contributed by atoms with E-state index in [0.29, 0.717) is 13.1 Å². The number of amides is 2. The van der Waals surface area contributed by atoms with Crippen molar-refractivity contribution in [1.82, 2.24) is 10.2 Å². The summed E-state index contributed by atoms with van der Waals surface area (Å²) in [6, 6.07) is 0. The maximum atomic E-state index is 11.2. The molecule has 0 radical (unpaired) electrons. The fraction of sp³-hybridized carbons (Fsp3) is 0.750. The summed E-state index contributed by atoms with van der Waals surface area (Å²) >= 11 is 0. The van der Waals surface area contributed by atoms with E-state index in [1.165, 1.54) is 6.92 Å². The van der Waals surface area contributed by atoms with Crippen molar-refractivity contribution in [2.45, 2.75) is 13.8 Å². The molecular formula is C8H14N2O2. The number of likely N-dealkylation sites (tertiary alicyclic amines) is 1. The number of rotatable bonds is 1. The molecule has 4 nitrogen and oxygen atoms in total. The molecule has 0 saturated carbocycles. The summed E-state index contributed by atoms with van der Waals surface area (Å²) in [5.74, 6) is 0.0522. The zero-order valence-electron chi connectivity index (χ0n) is 7.68. The number of carbonyl (C=O) groups is 2. The predicted molar refractivity (Wildman–Crippen MR) is 44.4 cm³/mol. The predicted octanol–water partition coefficient (Wildman–Crippen LogP) is -0.399. The molecule has 12 heavy (non-hydrogen) atoms. The highest BCUT2D eigenvalue weighted by atomic mass is 16.2. The van der Waals surface area contributed by atoms with E-state index in [0.717, 1.165) is 0 Å². The highest BCUT2D eigenvalue weighted by molar-refractivity contribution is 5.86. The molecule has 1 heterocycles. The zero-order valence-corrected chi connectivity index (χ0v) is 7.68. The van der Waals surface area contributed by atoms with E-state index in [1.807, 2.05) is 6.92 Å². The van der Waals surface area contributed by atoms with Gasteiger partial charge in [-0.1, -0.05) is 0 Å². The Bertz CT molecular complexity index is 219. The van der Waals surface area contributed by atoms with Crippen molar-refractivity contribution in [3.8, 4) is 0 Å². The molecule has 1 aliphatic heterocycles. The first kappa shape index (κ1) is 9.03. The fourth-order valence-corrected chi connectivity index (χ4v) is 1.46. The molecule has 68 valence electrons. The van der Waals surface area contributed by atoms with Crippen molar-refractivity contribution in [2.24, 2.45) is 5.41 Å². The normalized spacial score (nSPS) is 19.8. The summed E-state index contributed by atoms with van der Waals surface area (Å²) in [6.07, 6.45) is 0. The number of hydrogen-bond acceptors (Lipinski definition) is 2. The summed E-state index contributed by atoms with van der Waals surface area (Å²) in [5, 5.41) is 2.59. The second kappa shape index (κ2) is 2.77. The van der Waals surface area contributed by atoms with Crippen LogP contribution in [0.25, 0.3) is 0 Å². The highest BCUT2D eigenvalue weighted by Crippen LogP contribution is 2.29. The minimum atomic E-state index is -0.361. The Labute approximate surface area is 71.9 Å². The van der Waals surface area contributed by atoms with Crippen molar-refractivity contribution in [3.05, 3.63) is 0 Å². The van der Waals surface area contributed by atoms with Crippen LogP contribution in [0, 0.1) is 5.41 Å². The average Bonchev–Trinajstić information content (AvgIpc) is 1.96. The van der Waals surface area contributed by atoms with Crippen LogP contribution in [0.5, 0.6) is 0 Å². The second-order valence-corrected chi connectivity index (χ2v) is 3.51. The maximum absolute atomic E-state index is 11.2. The van der Waals surface area contributed by atoms with Gasteiger partial charge in [0.25, 0.3) is 0 Å². The smallest absolute Gasteiger partial charge is 0.229 e. The molecular weight excluding hydrogens is 156 g/mol. The lowest BCUT2D eigenvalue weighted by atomic mass is 9.81. The molecule has 0 spiro atoms. The Morgan fingerprint density at radius 3 is 2.25 bits per heavy atom. The van der Waals surface area contributed by atoms with E-state index >= 15 is 0 Å². The third-order valence-electron chi connectivity index (χ3n) is 2.30. The molecule has 2 amide bonds. The standard InChI is InChI=1S/C8H14N2O2/c1-6(11)10-4-8(2,5-10)7(12)9-3/h4-5H2,1-3H3,(H,9,12). The third kappa shape index (κ3) is 1.29. The Morgan fingerprint density at radius 2 is 1.92 bits per heavy atom. The van der Waals surface area contributed by atoms with Crippen LogP contribution < -0.4 is 5.32 Å². The van der Waals surface area contributed by atoms with Gasteiger partial charge in [-0.2, -0.15) is 0 Å². The minimum Gasteiger partial charge on any atom is -0.359 e. The van der Waals surface area contributed by atoms with E-state index in [1.54, 1.807) is 11.9 Å². The topological polar surface area (TPSA) is 49.4 Å². The summed E-state index contributed by atoms with van der Waals surface area (Å²) in [7, 11) is 1.62. The van der Waals surface area contributed by atoms with Gasteiger partial charge in [-0.25, -0.2) is 0 Å². The van der Waals surface area contributed by atoms with Crippen LogP contribution in [0.15, 0.2) is 0 Å². The summed E-state index contributed by atoms with van der Waals surface area (Å²) in [5.41, 5.74) is -0.361. The summed E-state index contributed by atoms with van der Waals surface area (Å²) in [6.45, 7) is 4.47. The average molecular weight is 170 g/mol. The first-order chi connectivity index (χ1) is 5.49. The molecule has 0 bridgehead atoms. The van der Waals surface area contributed by atoms with E-state index in [9.17, 15) is 9.59 Å². The quantitative estimate of drug-likeness (QED) is 0.582. The molecule has 1 saturated heterocycles. The molecule has 1 N–H and O–H groups in total. The van der Waals surface area contributed by atoms with Gasteiger partial charge in [0.15, 0.2) is 0 Å². The fourth-order valence-electron chi connectivity index (χ4n) is 1.46. The molecule has 1 fully saturated rings. The van der Waals surface area contributed by atoms with Crippen LogP contribution in [-0.4, -0.2) is 36.9 Å². The van der Waals surface area contributed by atoms with Crippen molar-refractivity contribution < 1.29 is 9.59 Å². The van der Waals surface area contributed by atoms with Crippen LogP contribution in [0.1, 0.15) is 13.8 Å². The van der Waals surface area contributed by atoms with Crippen molar-refractivity contribution in [2.75, 3.05) is 20.1 Å². The van der Waals surface area contributed by atoms with Gasteiger partial charge in [-0.05, 0) is 6.92 Å². The van der Waals surface area contributed by atoms with E-state index in [-0.39, 0.29) is 17.2 Å². The lowest BCUT2D eigenvalue weighted by Crippen LogP contribution is -2.62. The molecule has 1 aliphatic rings. The largest absolute Gasteiger partial charge is 0.359 e. The van der Waals surface area contributed by atoms with Gasteiger partial charge in [0, 0.05) is 27.1 Å². The van der Waals surface area contributed by atoms with Crippen molar-refractivity contribution >= 4 is 11.8 Å². The van der Waals surface area contributed by atoms with Gasteiger partial charge in [0.05, 0.1) is 5.41 Å². The first-order valence-corrected chi connectivity index (χ1v) is 3.97. The molecule has 1 rings (SSSR count). The molecule has 0 aromatic heterocycles. The summed E-state index contributed by atoms with van der Waals surface area (Å²) in [4.78, 5) is 23.7. The van der Waals surface area contributed by atoms with Crippen molar-refractivity contribution in [3.63, 3.8) is 0 Å². The van der Waals surface area contributed by atoms with Crippen LogP contribution in [0.4, 0.5) is 0 Å². The van der Waals surface area contributed by atoms with Crippen LogP contribution in [0.3, 0.4) is 0 Å². The van der Waals surface area contributed by atoms with Crippen LogP contribution >= 0.6 is 0 Å². The molecule has 0 atom stereocenters. The lowest BCUT2D eigenvalue weighted by Gasteiger charge is -2.45. The van der Waals surface area contributed by atoms with Crippen LogP contribution in [0.2, 0.25) is 0 Å². The van der Waals surface area contributed by atoms with E-state index < -0.39 is 0 Å². The number of nitrogens with one attached hydrogen (secondary N) is 1. The Hall–Kier alpha value is -1.06. The molecule has 0 aromatic rings. The third-order valence-corrected chi connectivity index (χ3v) is 2.30. The van der Waals surface area contributed by atoms with E-state index in [4.69, 9.17) is 0 Å². The van der Waals surface area contributed by atoms with Gasteiger partial charge in [0.1, 0.15) is 0 Å². The van der Waals surface area contributed by atoms with Gasteiger partial charge in [0.2, 0.25) is 11.8 Å². The molecule has 0 unspecified atom stereocenters. The highest BCUT2D eigenvalue weighted by Gasteiger charge is 2.45. The SMILES string of the molecule is CNC(=O)C1(C)CN(C(C)=O)C1. The van der Waals surface area contributed by atoms with Gasteiger partial charge >= 0.3 is 0 Å². The summed E-state index contributed by atoms with van der Waals surface area (Å²) < 4.78 is 0. The van der Waals surface area contributed by atoms with E-state index in [2.05, 4.69) is 5.32 Å². The first-order valence-electron chi connectivity index (χ1n) is 3.97. The Kier molecular flexibility index (Phi) is 2.08. The van der Waals surface area contributed by atoms with Gasteiger partial charge in [-0.15, -0.1) is 0 Å². The Balaban J connectivity index is 2.50. The molecule has 4 heteroatoms. The van der Waals surface area contributed by atoms with Gasteiger partial charge < -0.3 is 10.2 Å².